The van der Waals surface area contributed by atoms with E-state index in [-0.39, 0.29) is 12.2 Å². The first-order valence-electron chi connectivity index (χ1n) is 9.19. The van der Waals surface area contributed by atoms with E-state index in [1.807, 2.05) is 47.6 Å². The van der Waals surface area contributed by atoms with Gasteiger partial charge in [-0.15, -0.1) is 0 Å². The maximum absolute atomic E-state index is 11.4. The topological polar surface area (TPSA) is 76.0 Å². The molecule has 0 amide bonds. The van der Waals surface area contributed by atoms with Gasteiger partial charge in [0.15, 0.2) is 11.4 Å². The third-order valence-electron chi connectivity index (χ3n) is 5.33. The van der Waals surface area contributed by atoms with Crippen molar-refractivity contribution < 1.29 is 24.5 Å². The molecule has 1 heterocycles. The summed E-state index contributed by atoms with van der Waals surface area (Å²) in [6, 6.07) is 0. The molecule has 3 atom stereocenters. The summed E-state index contributed by atoms with van der Waals surface area (Å²) in [4.78, 5) is 11.0. The Bertz CT molecular complexity index is 681. The summed E-state index contributed by atoms with van der Waals surface area (Å²) in [5, 5.41) is 20.4. The standard InChI is InChI=1S/C21H30O5/c1-7-8-17(11-18(22)23)9-10-21(24)14(2)12-20(13-19(21,5)6)25-15(3)16(4)26-20/h11-12,15-16,24H,7-8,13H2,1-6H3,(H,22,23)/b17-11+. The van der Waals surface area contributed by atoms with E-state index < -0.39 is 22.8 Å². The van der Waals surface area contributed by atoms with Gasteiger partial charge in [-0.25, -0.2) is 4.79 Å². The summed E-state index contributed by atoms with van der Waals surface area (Å²) >= 11 is 0. The molecule has 2 N–H and O–H groups in total. The highest BCUT2D eigenvalue weighted by atomic mass is 16.8. The molecule has 2 rings (SSSR count). The van der Waals surface area contributed by atoms with E-state index in [9.17, 15) is 9.90 Å². The molecule has 26 heavy (non-hydrogen) atoms. The van der Waals surface area contributed by atoms with Crippen LogP contribution in [0.3, 0.4) is 0 Å². The summed E-state index contributed by atoms with van der Waals surface area (Å²) in [5.41, 5.74) is -0.851. The minimum atomic E-state index is -1.38. The number of aliphatic hydroxyl groups is 1. The van der Waals surface area contributed by atoms with Crippen molar-refractivity contribution in [3.05, 3.63) is 23.3 Å². The van der Waals surface area contributed by atoms with Gasteiger partial charge in [0.1, 0.15) is 0 Å². The van der Waals surface area contributed by atoms with Crippen molar-refractivity contribution >= 4 is 5.97 Å². The summed E-state index contributed by atoms with van der Waals surface area (Å²) in [7, 11) is 0. The van der Waals surface area contributed by atoms with Crippen LogP contribution < -0.4 is 0 Å². The van der Waals surface area contributed by atoms with Crippen molar-refractivity contribution in [1.29, 1.82) is 0 Å². The maximum atomic E-state index is 11.4. The summed E-state index contributed by atoms with van der Waals surface area (Å²) in [6.45, 7) is 11.6. The van der Waals surface area contributed by atoms with Gasteiger partial charge in [0.05, 0.1) is 12.2 Å². The number of hydrogen-bond donors (Lipinski definition) is 2. The van der Waals surface area contributed by atoms with Crippen LogP contribution in [0.1, 0.15) is 60.8 Å². The minimum Gasteiger partial charge on any atom is -0.478 e. The van der Waals surface area contributed by atoms with Crippen LogP contribution in [0.25, 0.3) is 0 Å². The molecule has 5 heteroatoms. The Morgan fingerprint density at radius 3 is 2.38 bits per heavy atom. The predicted octanol–water partition coefficient (Wildman–Crippen LogP) is 3.43. The van der Waals surface area contributed by atoms with Crippen molar-refractivity contribution in [3.8, 4) is 11.8 Å². The van der Waals surface area contributed by atoms with Crippen LogP contribution in [0.15, 0.2) is 23.3 Å². The van der Waals surface area contributed by atoms with Crippen LogP contribution in [0.5, 0.6) is 0 Å². The molecule has 1 saturated heterocycles. The van der Waals surface area contributed by atoms with Crippen LogP contribution in [-0.4, -0.2) is 39.8 Å². The maximum Gasteiger partial charge on any atom is 0.329 e. The molecule has 0 bridgehead atoms. The van der Waals surface area contributed by atoms with Crippen molar-refractivity contribution in [2.75, 3.05) is 0 Å². The second-order valence-electron chi connectivity index (χ2n) is 8.06. The molecule has 0 aromatic carbocycles. The van der Waals surface area contributed by atoms with E-state index in [2.05, 4.69) is 11.8 Å². The lowest BCUT2D eigenvalue weighted by Crippen LogP contribution is -2.53. The molecule has 1 aliphatic heterocycles. The normalized spacial score (nSPS) is 36.4. The Morgan fingerprint density at radius 2 is 1.92 bits per heavy atom. The highest BCUT2D eigenvalue weighted by Crippen LogP contribution is 2.51. The average molecular weight is 362 g/mol. The molecule has 0 saturated carbocycles. The Kier molecular flexibility index (Phi) is 5.72. The number of allylic oxidation sites excluding steroid dienone is 1. The van der Waals surface area contributed by atoms with Gasteiger partial charge in [0, 0.05) is 23.5 Å². The molecule has 0 aromatic heterocycles. The summed E-state index contributed by atoms with van der Waals surface area (Å²) in [6.07, 6.45) is 4.69. The molecule has 144 valence electrons. The van der Waals surface area contributed by atoms with Gasteiger partial charge >= 0.3 is 5.97 Å². The monoisotopic (exact) mass is 362 g/mol. The minimum absolute atomic E-state index is 0.0261. The molecule has 2 aliphatic rings. The quantitative estimate of drug-likeness (QED) is 0.457. The number of aliphatic carboxylic acids is 1. The van der Waals surface area contributed by atoms with E-state index in [1.54, 1.807) is 0 Å². The predicted molar refractivity (Wildman–Crippen MR) is 99.3 cm³/mol. The SMILES string of the molecule is CCC/C(C#CC1(O)C(C)=CC2(CC1(C)C)OC(C)C(C)O2)=C\C(=O)O. The molecule has 0 radical (unpaired) electrons. The Morgan fingerprint density at radius 1 is 1.35 bits per heavy atom. The molecular formula is C21H30O5. The van der Waals surface area contributed by atoms with Crippen LogP contribution in [0, 0.1) is 17.3 Å². The van der Waals surface area contributed by atoms with E-state index in [0.717, 1.165) is 12.5 Å². The Balaban J connectivity index is 2.43. The molecule has 1 aliphatic carbocycles. The molecule has 3 unspecified atom stereocenters. The van der Waals surface area contributed by atoms with Crippen molar-refractivity contribution in [3.63, 3.8) is 0 Å². The van der Waals surface area contributed by atoms with Gasteiger partial charge in [0.2, 0.25) is 0 Å². The number of carboxylic acid groups (broad SMARTS) is 1. The first-order chi connectivity index (χ1) is 11.9. The van der Waals surface area contributed by atoms with Crippen LogP contribution >= 0.6 is 0 Å². The lowest BCUT2D eigenvalue weighted by Gasteiger charge is -2.48. The van der Waals surface area contributed by atoms with E-state index in [1.165, 1.54) is 0 Å². The van der Waals surface area contributed by atoms with Gasteiger partial charge in [-0.2, -0.15) is 0 Å². The van der Waals surface area contributed by atoms with Crippen LogP contribution in [0.2, 0.25) is 0 Å². The first kappa shape index (κ1) is 20.7. The average Bonchev–Trinajstić information content (AvgIpc) is 2.75. The zero-order valence-corrected chi connectivity index (χ0v) is 16.5. The van der Waals surface area contributed by atoms with Crippen LogP contribution in [-0.2, 0) is 14.3 Å². The van der Waals surface area contributed by atoms with Gasteiger partial charge < -0.3 is 19.7 Å². The Hall–Kier alpha value is -1.61. The second-order valence-corrected chi connectivity index (χ2v) is 8.06. The van der Waals surface area contributed by atoms with Crippen LogP contribution in [0.4, 0.5) is 0 Å². The van der Waals surface area contributed by atoms with Crippen molar-refractivity contribution in [2.45, 2.75) is 84.4 Å². The highest BCUT2D eigenvalue weighted by Gasteiger charge is 2.56. The molecule has 5 nitrogen and oxygen atoms in total. The summed E-state index contributed by atoms with van der Waals surface area (Å²) in [5.74, 6) is 3.98. The fraction of sp³-hybridized carbons (Fsp3) is 0.667. The van der Waals surface area contributed by atoms with Gasteiger partial charge in [-0.3, -0.25) is 0 Å². The number of carboxylic acids is 1. The fourth-order valence-electron chi connectivity index (χ4n) is 3.79. The fourth-order valence-corrected chi connectivity index (χ4v) is 3.79. The van der Waals surface area contributed by atoms with E-state index in [4.69, 9.17) is 14.6 Å². The summed E-state index contributed by atoms with van der Waals surface area (Å²) < 4.78 is 12.1. The number of hydrogen-bond acceptors (Lipinski definition) is 4. The number of rotatable bonds is 3. The first-order valence-corrected chi connectivity index (χ1v) is 9.19. The third kappa shape index (κ3) is 3.88. The van der Waals surface area contributed by atoms with Gasteiger partial charge in [-0.05, 0) is 38.8 Å². The van der Waals surface area contributed by atoms with Crippen molar-refractivity contribution in [1.82, 2.24) is 0 Å². The zero-order chi connectivity index (χ0) is 19.8. The molecular weight excluding hydrogens is 332 g/mol. The Labute approximate surface area is 156 Å². The molecule has 0 aromatic rings. The molecule has 1 fully saturated rings. The third-order valence-corrected chi connectivity index (χ3v) is 5.33. The second kappa shape index (κ2) is 7.19. The highest BCUT2D eigenvalue weighted by molar-refractivity contribution is 5.81. The van der Waals surface area contributed by atoms with E-state index >= 15 is 0 Å². The largest absolute Gasteiger partial charge is 0.478 e. The van der Waals surface area contributed by atoms with Gasteiger partial charge in [-0.1, -0.05) is 39.0 Å². The molecule has 1 spiro atoms. The zero-order valence-electron chi connectivity index (χ0n) is 16.5. The van der Waals surface area contributed by atoms with Gasteiger partial charge in [0.25, 0.3) is 0 Å². The van der Waals surface area contributed by atoms with Crippen molar-refractivity contribution in [2.24, 2.45) is 5.41 Å². The number of carbonyl (C=O) groups is 1. The number of ether oxygens (including phenoxy) is 2. The lowest BCUT2D eigenvalue weighted by molar-refractivity contribution is -0.182. The lowest BCUT2D eigenvalue weighted by atomic mass is 9.63. The van der Waals surface area contributed by atoms with E-state index in [0.29, 0.717) is 24.0 Å². The smallest absolute Gasteiger partial charge is 0.329 e.